The molecule has 0 radical (unpaired) electrons. The van der Waals surface area contributed by atoms with Gasteiger partial charge in [0.15, 0.2) is 0 Å². The van der Waals surface area contributed by atoms with E-state index < -0.39 is 0 Å². The van der Waals surface area contributed by atoms with Gasteiger partial charge in [-0.25, -0.2) is 0 Å². The van der Waals surface area contributed by atoms with Gasteiger partial charge in [-0.3, -0.25) is 0 Å². The lowest BCUT2D eigenvalue weighted by atomic mass is 9.97. The Morgan fingerprint density at radius 1 is 1.26 bits per heavy atom. The third-order valence-corrected chi connectivity index (χ3v) is 4.50. The van der Waals surface area contributed by atoms with Crippen molar-refractivity contribution in [1.82, 2.24) is 0 Å². The normalized spacial score (nSPS) is 19.3. The van der Waals surface area contributed by atoms with Crippen molar-refractivity contribution in [3.63, 3.8) is 0 Å². The fraction of sp³-hybridized carbons (Fsp3) is 0.647. The minimum Gasteiger partial charge on any atom is -0.492 e. The Bertz CT molecular complexity index is 385. The number of hydrogen-bond acceptors (Lipinski definition) is 2. The molecule has 1 aromatic carbocycles. The molecule has 2 nitrogen and oxygen atoms in total. The Labute approximate surface area is 117 Å². The molecule has 1 fully saturated rings. The maximum atomic E-state index is 6.26. The Kier molecular flexibility index (Phi) is 5.26. The first-order chi connectivity index (χ1) is 9.22. The van der Waals surface area contributed by atoms with Crippen molar-refractivity contribution in [3.8, 4) is 5.75 Å². The molecule has 0 bridgehead atoms. The monoisotopic (exact) mass is 261 g/mol. The summed E-state index contributed by atoms with van der Waals surface area (Å²) in [5.74, 6) is 2.22. The van der Waals surface area contributed by atoms with Gasteiger partial charge >= 0.3 is 0 Å². The van der Waals surface area contributed by atoms with Gasteiger partial charge in [-0.1, -0.05) is 44.9 Å². The van der Waals surface area contributed by atoms with Crippen LogP contribution in [0.25, 0.3) is 0 Å². The molecule has 2 N–H and O–H groups in total. The zero-order valence-electron chi connectivity index (χ0n) is 12.3. The zero-order valence-corrected chi connectivity index (χ0v) is 12.3. The number of nitrogens with two attached hydrogens (primary N) is 1. The summed E-state index contributed by atoms with van der Waals surface area (Å²) >= 11 is 0. The second-order valence-electron chi connectivity index (χ2n) is 5.87. The van der Waals surface area contributed by atoms with E-state index in [9.17, 15) is 0 Å². The molecule has 0 heterocycles. The molecule has 106 valence electrons. The molecule has 0 saturated heterocycles. The summed E-state index contributed by atoms with van der Waals surface area (Å²) in [6.45, 7) is 5.11. The molecule has 2 unspecified atom stereocenters. The van der Waals surface area contributed by atoms with Crippen LogP contribution in [-0.2, 0) is 0 Å². The highest BCUT2D eigenvalue weighted by Crippen LogP contribution is 2.30. The first-order valence-corrected chi connectivity index (χ1v) is 7.69. The predicted molar refractivity (Wildman–Crippen MR) is 80.6 cm³/mol. The van der Waals surface area contributed by atoms with Gasteiger partial charge in [0, 0.05) is 6.04 Å². The summed E-state index contributed by atoms with van der Waals surface area (Å²) in [4.78, 5) is 0. The minimum atomic E-state index is 0.187. The number of hydrogen-bond donors (Lipinski definition) is 1. The third kappa shape index (κ3) is 3.73. The lowest BCUT2D eigenvalue weighted by molar-refractivity contribution is 0.244. The summed E-state index contributed by atoms with van der Waals surface area (Å²) in [5, 5.41) is 0. The summed E-state index contributed by atoms with van der Waals surface area (Å²) in [6.07, 6.45) is 6.35. The Morgan fingerprint density at radius 2 is 1.95 bits per heavy atom. The average molecular weight is 261 g/mol. The SMILES string of the molecule is CCC(C)c1ccccc1OCC(N)C1CCCC1. The van der Waals surface area contributed by atoms with Crippen molar-refractivity contribution < 1.29 is 4.74 Å². The van der Waals surface area contributed by atoms with Crippen LogP contribution in [0, 0.1) is 5.92 Å². The van der Waals surface area contributed by atoms with Gasteiger partial charge in [0.25, 0.3) is 0 Å². The molecule has 1 saturated carbocycles. The van der Waals surface area contributed by atoms with E-state index in [1.165, 1.54) is 31.2 Å². The molecule has 0 aliphatic heterocycles. The number of ether oxygens (including phenoxy) is 1. The maximum absolute atomic E-state index is 6.26. The Hall–Kier alpha value is -1.02. The van der Waals surface area contributed by atoms with Gasteiger partial charge in [-0.15, -0.1) is 0 Å². The molecule has 19 heavy (non-hydrogen) atoms. The molecule has 2 heteroatoms. The van der Waals surface area contributed by atoms with E-state index in [0.29, 0.717) is 18.4 Å². The van der Waals surface area contributed by atoms with Gasteiger partial charge in [0.05, 0.1) is 0 Å². The molecular formula is C17H27NO. The smallest absolute Gasteiger partial charge is 0.122 e. The summed E-state index contributed by atoms with van der Waals surface area (Å²) in [5.41, 5.74) is 7.57. The van der Waals surface area contributed by atoms with Crippen LogP contribution in [0.4, 0.5) is 0 Å². The number of para-hydroxylation sites is 1. The van der Waals surface area contributed by atoms with Crippen LogP contribution in [0.2, 0.25) is 0 Å². The van der Waals surface area contributed by atoms with Crippen LogP contribution in [0.3, 0.4) is 0 Å². The minimum absolute atomic E-state index is 0.187. The van der Waals surface area contributed by atoms with Crippen molar-refractivity contribution in [2.24, 2.45) is 11.7 Å². The second-order valence-corrected chi connectivity index (χ2v) is 5.87. The van der Waals surface area contributed by atoms with Gasteiger partial charge in [0.2, 0.25) is 0 Å². The Balaban J connectivity index is 1.95. The summed E-state index contributed by atoms with van der Waals surface area (Å²) in [7, 11) is 0. The van der Waals surface area contributed by atoms with Gasteiger partial charge < -0.3 is 10.5 Å². The van der Waals surface area contributed by atoms with E-state index in [2.05, 4.69) is 32.0 Å². The van der Waals surface area contributed by atoms with Crippen molar-refractivity contribution in [1.29, 1.82) is 0 Å². The predicted octanol–water partition coefficient (Wildman–Crippen LogP) is 4.10. The largest absolute Gasteiger partial charge is 0.492 e. The van der Waals surface area contributed by atoms with Gasteiger partial charge in [-0.2, -0.15) is 0 Å². The first kappa shape index (κ1) is 14.4. The molecular weight excluding hydrogens is 234 g/mol. The number of rotatable bonds is 6. The molecule has 2 rings (SSSR count). The summed E-state index contributed by atoms with van der Waals surface area (Å²) < 4.78 is 6.01. The van der Waals surface area contributed by atoms with E-state index >= 15 is 0 Å². The van der Waals surface area contributed by atoms with Crippen LogP contribution in [0.5, 0.6) is 5.75 Å². The lowest BCUT2D eigenvalue weighted by Crippen LogP contribution is -2.34. The highest BCUT2D eigenvalue weighted by atomic mass is 16.5. The van der Waals surface area contributed by atoms with E-state index in [4.69, 9.17) is 10.5 Å². The standard InChI is InChI=1S/C17H27NO/c1-3-13(2)15-10-6-7-11-17(15)19-12-16(18)14-8-4-5-9-14/h6-7,10-11,13-14,16H,3-5,8-9,12,18H2,1-2H3. The first-order valence-electron chi connectivity index (χ1n) is 7.69. The molecule has 2 atom stereocenters. The van der Waals surface area contributed by atoms with Crippen molar-refractivity contribution >= 4 is 0 Å². The molecule has 0 amide bonds. The highest BCUT2D eigenvalue weighted by molar-refractivity contribution is 5.35. The fourth-order valence-electron chi connectivity index (χ4n) is 2.95. The van der Waals surface area contributed by atoms with Crippen LogP contribution in [0.1, 0.15) is 57.4 Å². The molecule has 0 spiro atoms. The van der Waals surface area contributed by atoms with E-state index in [1.54, 1.807) is 0 Å². The zero-order chi connectivity index (χ0) is 13.7. The molecule has 1 aliphatic carbocycles. The Morgan fingerprint density at radius 3 is 2.63 bits per heavy atom. The van der Waals surface area contributed by atoms with Crippen LogP contribution in [-0.4, -0.2) is 12.6 Å². The van der Waals surface area contributed by atoms with Crippen molar-refractivity contribution in [2.75, 3.05) is 6.61 Å². The second kappa shape index (κ2) is 6.95. The highest BCUT2D eigenvalue weighted by Gasteiger charge is 2.22. The van der Waals surface area contributed by atoms with Crippen LogP contribution < -0.4 is 10.5 Å². The molecule has 0 aromatic heterocycles. The van der Waals surface area contributed by atoms with E-state index in [-0.39, 0.29) is 6.04 Å². The van der Waals surface area contributed by atoms with Crippen molar-refractivity contribution in [3.05, 3.63) is 29.8 Å². The quantitative estimate of drug-likeness (QED) is 0.837. The van der Waals surface area contributed by atoms with E-state index in [0.717, 1.165) is 12.2 Å². The number of benzene rings is 1. The molecule has 1 aromatic rings. The van der Waals surface area contributed by atoms with Crippen LogP contribution in [0.15, 0.2) is 24.3 Å². The fourth-order valence-corrected chi connectivity index (χ4v) is 2.95. The lowest BCUT2D eigenvalue weighted by Gasteiger charge is -2.21. The molecule has 1 aliphatic rings. The average Bonchev–Trinajstić information content (AvgIpc) is 2.98. The van der Waals surface area contributed by atoms with Gasteiger partial charge in [-0.05, 0) is 42.7 Å². The summed E-state index contributed by atoms with van der Waals surface area (Å²) in [6, 6.07) is 8.56. The third-order valence-electron chi connectivity index (χ3n) is 4.50. The van der Waals surface area contributed by atoms with Crippen LogP contribution >= 0.6 is 0 Å². The topological polar surface area (TPSA) is 35.2 Å². The van der Waals surface area contributed by atoms with Gasteiger partial charge in [0.1, 0.15) is 12.4 Å². The van der Waals surface area contributed by atoms with Crippen molar-refractivity contribution in [2.45, 2.75) is 57.9 Å². The van der Waals surface area contributed by atoms with E-state index in [1.807, 2.05) is 6.07 Å². The maximum Gasteiger partial charge on any atom is 0.122 e.